The van der Waals surface area contributed by atoms with Gasteiger partial charge in [0.15, 0.2) is 6.23 Å². The SMILES string of the molecule is Cc1ccc(C2ON2Cc2ccccc2)cc1. The molecule has 1 saturated heterocycles. The Morgan fingerprint density at radius 2 is 1.71 bits per heavy atom. The molecule has 0 amide bonds. The van der Waals surface area contributed by atoms with Gasteiger partial charge in [-0.25, -0.2) is 0 Å². The fraction of sp³-hybridized carbons (Fsp3) is 0.200. The lowest BCUT2D eigenvalue weighted by Crippen LogP contribution is -1.98. The molecule has 0 saturated carbocycles. The molecular formula is C15H15NO. The van der Waals surface area contributed by atoms with E-state index in [2.05, 4.69) is 55.5 Å². The fourth-order valence-electron chi connectivity index (χ4n) is 1.94. The van der Waals surface area contributed by atoms with Crippen LogP contribution in [-0.4, -0.2) is 5.06 Å². The van der Waals surface area contributed by atoms with Crippen LogP contribution in [0.15, 0.2) is 54.6 Å². The van der Waals surface area contributed by atoms with Crippen molar-refractivity contribution in [1.82, 2.24) is 5.06 Å². The molecule has 1 aliphatic heterocycles. The zero-order valence-corrected chi connectivity index (χ0v) is 9.84. The van der Waals surface area contributed by atoms with Crippen molar-refractivity contribution in [2.45, 2.75) is 19.7 Å². The predicted octanol–water partition coefficient (Wildman–Crippen LogP) is 3.44. The maximum absolute atomic E-state index is 5.58. The van der Waals surface area contributed by atoms with Crippen LogP contribution in [0, 0.1) is 6.92 Å². The monoisotopic (exact) mass is 225 g/mol. The van der Waals surface area contributed by atoms with Crippen LogP contribution in [-0.2, 0) is 11.4 Å². The van der Waals surface area contributed by atoms with Crippen molar-refractivity contribution in [3.63, 3.8) is 0 Å². The van der Waals surface area contributed by atoms with Crippen molar-refractivity contribution >= 4 is 0 Å². The summed E-state index contributed by atoms with van der Waals surface area (Å²) in [5.41, 5.74) is 3.79. The Morgan fingerprint density at radius 3 is 2.41 bits per heavy atom. The Morgan fingerprint density at radius 1 is 1.00 bits per heavy atom. The summed E-state index contributed by atoms with van der Waals surface area (Å²) in [6.45, 7) is 2.94. The molecule has 2 nitrogen and oxygen atoms in total. The molecule has 0 bridgehead atoms. The molecule has 1 heterocycles. The minimum absolute atomic E-state index is 0.135. The van der Waals surface area contributed by atoms with Crippen molar-refractivity contribution < 1.29 is 4.84 Å². The summed E-state index contributed by atoms with van der Waals surface area (Å²) in [4.78, 5) is 5.58. The highest BCUT2D eigenvalue weighted by Crippen LogP contribution is 2.38. The van der Waals surface area contributed by atoms with Gasteiger partial charge in [-0.05, 0) is 18.1 Å². The first kappa shape index (κ1) is 10.5. The third-order valence-electron chi connectivity index (χ3n) is 2.99. The van der Waals surface area contributed by atoms with Gasteiger partial charge in [0.2, 0.25) is 0 Å². The van der Waals surface area contributed by atoms with Crippen LogP contribution >= 0.6 is 0 Å². The van der Waals surface area contributed by atoms with Gasteiger partial charge in [-0.3, -0.25) is 4.84 Å². The third kappa shape index (κ3) is 2.38. The lowest BCUT2D eigenvalue weighted by atomic mass is 10.1. The molecule has 1 fully saturated rings. The van der Waals surface area contributed by atoms with Crippen LogP contribution in [0.3, 0.4) is 0 Å². The van der Waals surface area contributed by atoms with E-state index in [0.29, 0.717) is 0 Å². The Bertz CT molecular complexity index is 492. The zero-order valence-electron chi connectivity index (χ0n) is 9.84. The van der Waals surface area contributed by atoms with Gasteiger partial charge in [0.25, 0.3) is 0 Å². The van der Waals surface area contributed by atoms with Crippen molar-refractivity contribution in [3.8, 4) is 0 Å². The molecule has 2 unspecified atom stereocenters. The predicted molar refractivity (Wildman–Crippen MR) is 67.0 cm³/mol. The number of hydrogen-bond donors (Lipinski definition) is 0. The second kappa shape index (κ2) is 4.32. The second-order valence-electron chi connectivity index (χ2n) is 4.43. The highest BCUT2D eigenvalue weighted by atomic mass is 16.8. The van der Waals surface area contributed by atoms with E-state index in [1.165, 1.54) is 16.7 Å². The first-order valence-corrected chi connectivity index (χ1v) is 5.87. The van der Waals surface area contributed by atoms with Gasteiger partial charge < -0.3 is 0 Å². The maximum Gasteiger partial charge on any atom is 0.180 e. The van der Waals surface area contributed by atoms with Crippen molar-refractivity contribution in [3.05, 3.63) is 71.3 Å². The molecule has 0 spiro atoms. The molecule has 0 radical (unpaired) electrons. The minimum Gasteiger partial charge on any atom is -0.270 e. The number of rotatable bonds is 3. The molecule has 17 heavy (non-hydrogen) atoms. The summed E-state index contributed by atoms with van der Waals surface area (Å²) in [7, 11) is 0. The molecule has 86 valence electrons. The first-order valence-electron chi connectivity index (χ1n) is 5.87. The number of benzene rings is 2. The van der Waals surface area contributed by atoms with Crippen LogP contribution in [0.2, 0.25) is 0 Å². The summed E-state index contributed by atoms with van der Waals surface area (Å²) < 4.78 is 0. The molecule has 0 aromatic heterocycles. The molecule has 1 aliphatic rings. The number of hydroxylamine groups is 2. The summed E-state index contributed by atoms with van der Waals surface area (Å²) >= 11 is 0. The Labute approximate surface area is 101 Å². The zero-order chi connectivity index (χ0) is 11.7. The molecule has 3 rings (SSSR count). The lowest BCUT2D eigenvalue weighted by molar-refractivity contribution is 0.192. The van der Waals surface area contributed by atoms with Gasteiger partial charge in [0.1, 0.15) is 0 Å². The van der Waals surface area contributed by atoms with E-state index >= 15 is 0 Å². The smallest absolute Gasteiger partial charge is 0.180 e. The van der Waals surface area contributed by atoms with Gasteiger partial charge >= 0.3 is 0 Å². The Balaban J connectivity index is 1.65. The summed E-state index contributed by atoms with van der Waals surface area (Å²) in [6.07, 6.45) is 0.135. The minimum atomic E-state index is 0.135. The van der Waals surface area contributed by atoms with E-state index in [9.17, 15) is 0 Å². The Hall–Kier alpha value is -1.64. The van der Waals surface area contributed by atoms with Crippen LogP contribution in [0.25, 0.3) is 0 Å². The Kier molecular flexibility index (Phi) is 2.67. The molecule has 0 N–H and O–H groups in total. The van der Waals surface area contributed by atoms with E-state index in [1.54, 1.807) is 0 Å². The molecular weight excluding hydrogens is 210 g/mol. The maximum atomic E-state index is 5.58. The second-order valence-corrected chi connectivity index (χ2v) is 4.43. The van der Waals surface area contributed by atoms with Gasteiger partial charge in [0.05, 0.1) is 6.54 Å². The van der Waals surface area contributed by atoms with Gasteiger partial charge in [0, 0.05) is 0 Å². The first-order chi connectivity index (χ1) is 8.33. The standard InChI is InChI=1S/C15H15NO/c1-12-7-9-14(10-8-12)15-16(17-15)11-13-5-3-2-4-6-13/h2-10,15H,11H2,1H3. The summed E-state index contributed by atoms with van der Waals surface area (Å²) in [5.74, 6) is 0. The van der Waals surface area contributed by atoms with Crippen LogP contribution in [0.1, 0.15) is 22.9 Å². The quantitative estimate of drug-likeness (QED) is 0.743. The number of hydrogen-bond acceptors (Lipinski definition) is 2. The van der Waals surface area contributed by atoms with Gasteiger partial charge in [-0.1, -0.05) is 60.2 Å². The van der Waals surface area contributed by atoms with Gasteiger partial charge in [-0.2, -0.15) is 0 Å². The molecule has 2 heteroatoms. The average molecular weight is 225 g/mol. The molecule has 2 atom stereocenters. The number of nitrogens with zero attached hydrogens (tertiary/aromatic N) is 1. The van der Waals surface area contributed by atoms with E-state index in [4.69, 9.17) is 4.84 Å². The van der Waals surface area contributed by atoms with Gasteiger partial charge in [-0.15, -0.1) is 5.06 Å². The molecule has 0 aliphatic carbocycles. The van der Waals surface area contributed by atoms with E-state index in [0.717, 1.165) is 6.54 Å². The average Bonchev–Trinajstić information content (AvgIpc) is 3.11. The highest BCUT2D eigenvalue weighted by Gasteiger charge is 2.37. The van der Waals surface area contributed by atoms with E-state index in [1.807, 2.05) is 11.1 Å². The fourth-order valence-corrected chi connectivity index (χ4v) is 1.94. The molecule has 2 aromatic rings. The van der Waals surface area contributed by atoms with E-state index < -0.39 is 0 Å². The van der Waals surface area contributed by atoms with Crippen LogP contribution in [0.4, 0.5) is 0 Å². The number of aryl methyl sites for hydroxylation is 1. The van der Waals surface area contributed by atoms with E-state index in [-0.39, 0.29) is 6.23 Å². The molecule has 2 aromatic carbocycles. The third-order valence-corrected chi connectivity index (χ3v) is 2.99. The van der Waals surface area contributed by atoms with Crippen molar-refractivity contribution in [2.24, 2.45) is 0 Å². The van der Waals surface area contributed by atoms with Crippen molar-refractivity contribution in [2.75, 3.05) is 0 Å². The summed E-state index contributed by atoms with van der Waals surface area (Å²) in [6, 6.07) is 18.9. The topological polar surface area (TPSA) is 15.5 Å². The lowest BCUT2D eigenvalue weighted by Gasteiger charge is -1.99. The summed E-state index contributed by atoms with van der Waals surface area (Å²) in [5, 5.41) is 2.00. The van der Waals surface area contributed by atoms with Crippen LogP contribution in [0.5, 0.6) is 0 Å². The van der Waals surface area contributed by atoms with Crippen molar-refractivity contribution in [1.29, 1.82) is 0 Å². The normalized spacial score (nSPS) is 22.4. The highest BCUT2D eigenvalue weighted by molar-refractivity contribution is 5.24. The largest absolute Gasteiger partial charge is 0.270 e. The van der Waals surface area contributed by atoms with Crippen LogP contribution < -0.4 is 0 Å².